The zero-order chi connectivity index (χ0) is 17.0. The number of nitrogens with zero attached hydrogens (tertiary/aromatic N) is 1. The van der Waals surface area contributed by atoms with Crippen LogP contribution in [0.2, 0.25) is 0 Å². The molecular weight excluding hydrogens is 282 g/mol. The predicted molar refractivity (Wildman–Crippen MR) is 85.3 cm³/mol. The number of hydrogen-bond donors (Lipinski definition) is 1. The summed E-state index contributed by atoms with van der Waals surface area (Å²) in [6, 6.07) is 3.54. The molecule has 0 unspecified atom stereocenters. The van der Waals surface area contributed by atoms with Crippen molar-refractivity contribution >= 4 is 11.9 Å². The standard InChI is InChI=1S/C17H25NO4/c1-10(2)12-7-13(11(3)4)16(20)14(8-12)17(21)22-9-15(19)18(5)6/h7-8,10-11,20H,9H2,1-6H3. The molecule has 0 atom stereocenters. The molecule has 1 aromatic carbocycles. The molecule has 0 fully saturated rings. The first-order chi connectivity index (χ1) is 10.1. The second kappa shape index (κ2) is 7.29. The molecule has 0 heterocycles. The van der Waals surface area contributed by atoms with Crippen molar-refractivity contribution in [2.75, 3.05) is 20.7 Å². The number of hydrogen-bond acceptors (Lipinski definition) is 4. The normalized spacial score (nSPS) is 10.9. The van der Waals surface area contributed by atoms with Gasteiger partial charge in [-0.1, -0.05) is 33.8 Å². The van der Waals surface area contributed by atoms with E-state index in [1.165, 1.54) is 4.90 Å². The molecule has 5 heteroatoms. The highest BCUT2D eigenvalue weighted by Gasteiger charge is 2.21. The number of esters is 1. The predicted octanol–water partition coefficient (Wildman–Crippen LogP) is 2.88. The fraction of sp³-hybridized carbons (Fsp3) is 0.529. The summed E-state index contributed by atoms with van der Waals surface area (Å²) in [5.74, 6) is -0.766. The fourth-order valence-corrected chi connectivity index (χ4v) is 1.94. The van der Waals surface area contributed by atoms with Gasteiger partial charge in [0, 0.05) is 14.1 Å². The Morgan fingerprint density at radius 1 is 1.14 bits per heavy atom. The van der Waals surface area contributed by atoms with Crippen LogP contribution in [0.3, 0.4) is 0 Å². The second-order valence-corrected chi connectivity index (χ2v) is 6.18. The Morgan fingerprint density at radius 2 is 1.73 bits per heavy atom. The minimum absolute atomic E-state index is 0.0679. The van der Waals surface area contributed by atoms with Crippen LogP contribution in [-0.2, 0) is 9.53 Å². The molecule has 5 nitrogen and oxygen atoms in total. The van der Waals surface area contributed by atoms with E-state index in [1.54, 1.807) is 20.2 Å². The Morgan fingerprint density at radius 3 is 2.18 bits per heavy atom. The summed E-state index contributed by atoms with van der Waals surface area (Å²) in [5, 5.41) is 10.3. The van der Waals surface area contributed by atoms with Crippen LogP contribution in [0.15, 0.2) is 12.1 Å². The van der Waals surface area contributed by atoms with Crippen molar-refractivity contribution in [2.24, 2.45) is 0 Å². The quantitative estimate of drug-likeness (QED) is 0.849. The molecule has 0 spiro atoms. The highest BCUT2D eigenvalue weighted by Crippen LogP contribution is 2.33. The SMILES string of the molecule is CC(C)c1cc(C(=O)OCC(=O)N(C)C)c(O)c(C(C)C)c1. The maximum absolute atomic E-state index is 12.2. The van der Waals surface area contributed by atoms with Gasteiger partial charge < -0.3 is 14.7 Å². The van der Waals surface area contributed by atoms with Gasteiger partial charge in [-0.25, -0.2) is 4.79 Å². The lowest BCUT2D eigenvalue weighted by Gasteiger charge is -2.17. The Balaban J connectivity index is 3.11. The van der Waals surface area contributed by atoms with Crippen LogP contribution in [-0.4, -0.2) is 42.6 Å². The van der Waals surface area contributed by atoms with Crippen LogP contribution >= 0.6 is 0 Å². The van der Waals surface area contributed by atoms with E-state index in [4.69, 9.17) is 4.74 Å². The second-order valence-electron chi connectivity index (χ2n) is 6.18. The van der Waals surface area contributed by atoms with Crippen LogP contribution in [0.5, 0.6) is 5.75 Å². The van der Waals surface area contributed by atoms with Crippen molar-refractivity contribution in [3.63, 3.8) is 0 Å². The molecule has 122 valence electrons. The molecule has 0 aromatic heterocycles. The molecule has 0 saturated carbocycles. The van der Waals surface area contributed by atoms with Gasteiger partial charge in [0.15, 0.2) is 6.61 Å². The number of phenolic OH excluding ortho intramolecular Hbond substituents is 1. The van der Waals surface area contributed by atoms with E-state index in [0.717, 1.165) is 5.56 Å². The van der Waals surface area contributed by atoms with Crippen LogP contribution in [0.4, 0.5) is 0 Å². The van der Waals surface area contributed by atoms with E-state index in [1.807, 2.05) is 33.8 Å². The zero-order valence-corrected chi connectivity index (χ0v) is 14.1. The summed E-state index contributed by atoms with van der Waals surface area (Å²) in [4.78, 5) is 25.0. The van der Waals surface area contributed by atoms with E-state index in [9.17, 15) is 14.7 Å². The highest BCUT2D eigenvalue weighted by molar-refractivity contribution is 5.94. The summed E-state index contributed by atoms with van der Waals surface area (Å²) >= 11 is 0. The molecule has 0 aliphatic rings. The summed E-state index contributed by atoms with van der Waals surface area (Å²) in [6.07, 6.45) is 0. The van der Waals surface area contributed by atoms with Gasteiger partial charge in [0.25, 0.3) is 5.91 Å². The average molecular weight is 307 g/mol. The van der Waals surface area contributed by atoms with Gasteiger partial charge in [-0.3, -0.25) is 4.79 Å². The molecule has 0 radical (unpaired) electrons. The van der Waals surface area contributed by atoms with E-state index in [0.29, 0.717) is 5.56 Å². The van der Waals surface area contributed by atoms with Crippen molar-refractivity contribution in [3.8, 4) is 5.75 Å². The third-order valence-corrected chi connectivity index (χ3v) is 3.50. The van der Waals surface area contributed by atoms with Gasteiger partial charge in [-0.15, -0.1) is 0 Å². The first-order valence-corrected chi connectivity index (χ1v) is 7.39. The zero-order valence-electron chi connectivity index (χ0n) is 14.1. The lowest BCUT2D eigenvalue weighted by atomic mass is 9.92. The maximum atomic E-state index is 12.2. The number of benzene rings is 1. The van der Waals surface area contributed by atoms with E-state index in [-0.39, 0.29) is 35.7 Å². The molecule has 1 amide bonds. The lowest BCUT2D eigenvalue weighted by molar-refractivity contribution is -0.131. The van der Waals surface area contributed by atoms with Gasteiger partial charge in [0.1, 0.15) is 11.3 Å². The fourth-order valence-electron chi connectivity index (χ4n) is 1.94. The minimum Gasteiger partial charge on any atom is -0.507 e. The smallest absolute Gasteiger partial charge is 0.342 e. The summed E-state index contributed by atoms with van der Waals surface area (Å²) in [5.41, 5.74) is 1.77. The monoisotopic (exact) mass is 307 g/mol. The third kappa shape index (κ3) is 4.23. The first-order valence-electron chi connectivity index (χ1n) is 7.39. The number of aromatic hydroxyl groups is 1. The number of ether oxygens (including phenoxy) is 1. The van der Waals surface area contributed by atoms with Crippen LogP contribution in [0.1, 0.15) is 61.0 Å². The maximum Gasteiger partial charge on any atom is 0.342 e. The summed E-state index contributed by atoms with van der Waals surface area (Å²) < 4.78 is 5.01. The number of carbonyl (C=O) groups is 2. The Bertz CT molecular complexity index is 562. The van der Waals surface area contributed by atoms with Crippen LogP contribution in [0.25, 0.3) is 0 Å². The van der Waals surface area contributed by atoms with Gasteiger partial charge in [-0.05, 0) is 29.0 Å². The number of carbonyl (C=O) groups excluding carboxylic acids is 2. The Kier molecular flexibility index (Phi) is 5.97. The van der Waals surface area contributed by atoms with Crippen molar-refractivity contribution in [2.45, 2.75) is 39.5 Å². The first kappa shape index (κ1) is 18.0. The van der Waals surface area contributed by atoms with Crippen LogP contribution < -0.4 is 0 Å². The summed E-state index contributed by atoms with van der Waals surface area (Å²) in [7, 11) is 3.17. The molecular formula is C17H25NO4. The van der Waals surface area contributed by atoms with Gasteiger partial charge in [0.05, 0.1) is 0 Å². The lowest BCUT2D eigenvalue weighted by Crippen LogP contribution is -2.27. The molecule has 0 saturated heterocycles. The number of amides is 1. The van der Waals surface area contributed by atoms with Crippen molar-refractivity contribution in [1.82, 2.24) is 4.90 Å². The van der Waals surface area contributed by atoms with Gasteiger partial charge >= 0.3 is 5.97 Å². The van der Waals surface area contributed by atoms with E-state index < -0.39 is 5.97 Å². The largest absolute Gasteiger partial charge is 0.507 e. The molecule has 22 heavy (non-hydrogen) atoms. The summed E-state index contributed by atoms with van der Waals surface area (Å²) in [6.45, 7) is 7.59. The molecule has 0 aliphatic heterocycles. The van der Waals surface area contributed by atoms with Crippen molar-refractivity contribution in [1.29, 1.82) is 0 Å². The topological polar surface area (TPSA) is 66.8 Å². The Hall–Kier alpha value is -2.04. The number of rotatable bonds is 5. The van der Waals surface area contributed by atoms with Gasteiger partial charge in [0.2, 0.25) is 0 Å². The van der Waals surface area contributed by atoms with E-state index in [2.05, 4.69) is 0 Å². The van der Waals surface area contributed by atoms with Crippen molar-refractivity contribution < 1.29 is 19.4 Å². The Labute approximate surface area is 131 Å². The molecule has 1 N–H and O–H groups in total. The third-order valence-electron chi connectivity index (χ3n) is 3.50. The number of likely N-dealkylation sites (N-methyl/N-ethyl adjacent to an activating group) is 1. The molecule has 1 aromatic rings. The molecule has 0 aliphatic carbocycles. The molecule has 0 bridgehead atoms. The van der Waals surface area contributed by atoms with Gasteiger partial charge in [-0.2, -0.15) is 0 Å². The van der Waals surface area contributed by atoms with Crippen LogP contribution in [0, 0.1) is 0 Å². The van der Waals surface area contributed by atoms with E-state index >= 15 is 0 Å². The average Bonchev–Trinajstić information content (AvgIpc) is 2.43. The minimum atomic E-state index is -0.683. The highest BCUT2D eigenvalue weighted by atomic mass is 16.5. The molecule has 1 rings (SSSR count). The number of phenols is 1. The van der Waals surface area contributed by atoms with Crippen molar-refractivity contribution in [3.05, 3.63) is 28.8 Å².